The van der Waals surface area contributed by atoms with Crippen LogP contribution in [-0.4, -0.2) is 42.2 Å². The fourth-order valence-electron chi connectivity index (χ4n) is 5.51. The lowest BCUT2D eigenvalue weighted by atomic mass is 9.81. The van der Waals surface area contributed by atoms with Crippen molar-refractivity contribution in [3.63, 3.8) is 0 Å². The van der Waals surface area contributed by atoms with E-state index in [4.69, 9.17) is 42.8 Å². The average Bonchev–Trinajstić information content (AvgIpc) is 3.48. The van der Waals surface area contributed by atoms with E-state index in [0.717, 1.165) is 19.3 Å². The standard InChI is InChI=1S/C36H36Cl2N6O4/c37-28-16-19-30(31(38)23-28)33-36(24-27-12-4-5-13-32(27)42-44-39,35(46)43-40-20-7-6-11-25-9-2-1-3-10-25)41-34(48-33)26-14-17-29(18-15-26)47-22-8-21-45/h1-5,9-10,12-19,23,33,40,45H,6-8,11,20-22,24H2,(H,43,46)/t33-,36-/m0/s1. The number of nitrogens with one attached hydrogen (secondary N) is 2. The number of halogens is 2. The Morgan fingerprint density at radius 3 is 2.52 bits per heavy atom. The van der Waals surface area contributed by atoms with Crippen LogP contribution in [-0.2, 0) is 22.4 Å². The minimum atomic E-state index is -1.58. The van der Waals surface area contributed by atoms with E-state index in [0.29, 0.717) is 57.7 Å². The Kier molecular flexibility index (Phi) is 12.3. The van der Waals surface area contributed by atoms with Gasteiger partial charge < -0.3 is 14.6 Å². The number of hydrogen-bond acceptors (Lipinski definition) is 7. The number of ether oxygens (including phenoxy) is 2. The van der Waals surface area contributed by atoms with Crippen molar-refractivity contribution in [3.05, 3.63) is 140 Å². The predicted octanol–water partition coefficient (Wildman–Crippen LogP) is 7.84. The third kappa shape index (κ3) is 8.66. The van der Waals surface area contributed by atoms with E-state index in [-0.39, 0.29) is 18.9 Å². The zero-order chi connectivity index (χ0) is 33.8. The summed E-state index contributed by atoms with van der Waals surface area (Å²) in [5, 5.41) is 13.7. The molecule has 248 valence electrons. The number of aliphatic imine (C=N–C) groups is 1. The summed E-state index contributed by atoms with van der Waals surface area (Å²) in [7, 11) is 0. The Hall–Kier alpha value is -4.57. The molecule has 3 N–H and O–H groups in total. The van der Waals surface area contributed by atoms with Crippen molar-refractivity contribution < 1.29 is 19.4 Å². The molecular formula is C36H36Cl2N6O4. The molecule has 5 rings (SSSR count). The molecule has 12 heteroatoms. The van der Waals surface area contributed by atoms with Crippen LogP contribution in [0, 0.1) is 0 Å². The van der Waals surface area contributed by atoms with Crippen LogP contribution in [0.4, 0.5) is 5.69 Å². The number of carbonyl (C=O) groups excluding carboxylic acids is 1. The summed E-state index contributed by atoms with van der Waals surface area (Å²) >= 11 is 13.0. The first kappa shape index (κ1) is 34.8. The van der Waals surface area contributed by atoms with Gasteiger partial charge in [-0.3, -0.25) is 10.2 Å². The maximum absolute atomic E-state index is 14.5. The fraction of sp³-hybridized carbons (Fsp3) is 0.278. The zero-order valence-corrected chi connectivity index (χ0v) is 27.7. The van der Waals surface area contributed by atoms with Gasteiger partial charge in [0.15, 0.2) is 11.6 Å². The van der Waals surface area contributed by atoms with Crippen molar-refractivity contribution >= 4 is 40.7 Å². The maximum atomic E-state index is 14.5. The first-order valence-corrected chi connectivity index (χ1v) is 16.4. The number of aliphatic hydroxyl groups is 1. The van der Waals surface area contributed by atoms with Crippen LogP contribution in [0.1, 0.15) is 47.6 Å². The quantitative estimate of drug-likeness (QED) is 0.0362. The van der Waals surface area contributed by atoms with Gasteiger partial charge in [0.25, 0.3) is 5.91 Å². The third-order valence-corrected chi connectivity index (χ3v) is 8.50. The molecule has 0 aliphatic carbocycles. The van der Waals surface area contributed by atoms with E-state index in [9.17, 15) is 10.3 Å². The number of hydrogen-bond donors (Lipinski definition) is 3. The van der Waals surface area contributed by atoms with Crippen LogP contribution < -0.4 is 15.6 Å². The van der Waals surface area contributed by atoms with Gasteiger partial charge in [-0.15, -0.1) is 0 Å². The van der Waals surface area contributed by atoms with E-state index >= 15 is 0 Å². The van der Waals surface area contributed by atoms with Gasteiger partial charge in [-0.25, -0.2) is 10.4 Å². The number of hydrazine groups is 1. The van der Waals surface area contributed by atoms with Crippen molar-refractivity contribution in [2.24, 2.45) is 10.1 Å². The summed E-state index contributed by atoms with van der Waals surface area (Å²) in [6, 6.07) is 29.4. The molecule has 1 amide bonds. The van der Waals surface area contributed by atoms with Gasteiger partial charge in [0.1, 0.15) is 5.75 Å². The van der Waals surface area contributed by atoms with Crippen LogP contribution in [0.2, 0.25) is 10.0 Å². The van der Waals surface area contributed by atoms with E-state index in [1.165, 1.54) is 5.56 Å². The highest BCUT2D eigenvalue weighted by atomic mass is 35.5. The molecule has 4 aromatic rings. The second kappa shape index (κ2) is 17.0. The summed E-state index contributed by atoms with van der Waals surface area (Å²) in [5.74, 6) is 0.398. The van der Waals surface area contributed by atoms with Gasteiger partial charge in [0, 0.05) is 57.8 Å². The lowest BCUT2D eigenvalue weighted by Gasteiger charge is -2.31. The van der Waals surface area contributed by atoms with Crippen LogP contribution in [0.25, 0.3) is 10.4 Å². The number of benzene rings is 4. The van der Waals surface area contributed by atoms with Crippen molar-refractivity contribution in [2.45, 2.75) is 43.7 Å². The summed E-state index contributed by atoms with van der Waals surface area (Å²) in [5.41, 5.74) is 17.0. The average molecular weight is 688 g/mol. The van der Waals surface area contributed by atoms with Crippen molar-refractivity contribution in [1.29, 1.82) is 0 Å². The molecule has 0 saturated carbocycles. The largest absolute Gasteiger partial charge is 0.494 e. The molecule has 10 nitrogen and oxygen atoms in total. The molecule has 0 radical (unpaired) electrons. The number of azide groups is 1. The smallest absolute Gasteiger partial charge is 0.266 e. The predicted molar refractivity (Wildman–Crippen MR) is 188 cm³/mol. The van der Waals surface area contributed by atoms with E-state index in [1.54, 1.807) is 60.7 Å². The number of aryl methyl sites for hydroxylation is 1. The number of carbonyl (C=O) groups is 1. The molecule has 1 aliphatic rings. The van der Waals surface area contributed by atoms with E-state index in [1.807, 2.05) is 24.3 Å². The van der Waals surface area contributed by atoms with Crippen LogP contribution in [0.3, 0.4) is 0 Å². The molecule has 0 fully saturated rings. The van der Waals surface area contributed by atoms with E-state index < -0.39 is 17.6 Å². The first-order chi connectivity index (χ1) is 23.4. The molecule has 1 heterocycles. The normalized spacial score (nSPS) is 16.8. The molecule has 2 atom stereocenters. The Balaban J connectivity index is 1.48. The summed E-state index contributed by atoms with van der Waals surface area (Å²) < 4.78 is 12.2. The molecular weight excluding hydrogens is 651 g/mol. The molecule has 0 spiro atoms. The Morgan fingerprint density at radius 1 is 1.00 bits per heavy atom. The van der Waals surface area contributed by atoms with Crippen molar-refractivity contribution in [3.8, 4) is 5.75 Å². The number of amides is 1. The highest BCUT2D eigenvalue weighted by molar-refractivity contribution is 6.35. The monoisotopic (exact) mass is 686 g/mol. The fourth-order valence-corrected chi connectivity index (χ4v) is 6.02. The number of aliphatic hydroxyl groups excluding tert-OH is 1. The molecule has 48 heavy (non-hydrogen) atoms. The number of rotatable bonds is 16. The highest BCUT2D eigenvalue weighted by Crippen LogP contribution is 2.46. The van der Waals surface area contributed by atoms with Crippen LogP contribution in [0.5, 0.6) is 5.75 Å². The SMILES string of the molecule is [N-]=[N+]=Nc1ccccc1C[C@]1(C(=O)NNCCCCc2ccccc2)N=C(c2ccc(OCCCO)cc2)O[C@H]1c1ccc(Cl)cc1Cl. The second-order valence-corrected chi connectivity index (χ2v) is 12.1. The van der Waals surface area contributed by atoms with Crippen LogP contribution >= 0.6 is 23.2 Å². The summed E-state index contributed by atoms with van der Waals surface area (Å²) in [6.45, 7) is 0.940. The van der Waals surface area contributed by atoms with Gasteiger partial charge in [-0.1, -0.05) is 89.0 Å². The van der Waals surface area contributed by atoms with Gasteiger partial charge >= 0.3 is 0 Å². The van der Waals surface area contributed by atoms with Crippen molar-refractivity contribution in [1.82, 2.24) is 10.9 Å². The van der Waals surface area contributed by atoms with Gasteiger partial charge in [-0.2, -0.15) is 0 Å². The van der Waals surface area contributed by atoms with Crippen LogP contribution in [0.15, 0.2) is 107 Å². The summed E-state index contributed by atoms with van der Waals surface area (Å²) in [6.07, 6.45) is 2.26. The minimum absolute atomic E-state index is 0.0270. The molecule has 0 aromatic heterocycles. The van der Waals surface area contributed by atoms with Gasteiger partial charge in [0.2, 0.25) is 5.90 Å². The highest BCUT2D eigenvalue weighted by Gasteiger charge is 2.54. The molecule has 0 bridgehead atoms. The molecule has 4 aromatic carbocycles. The first-order valence-electron chi connectivity index (χ1n) is 15.7. The number of nitrogens with zero attached hydrogens (tertiary/aromatic N) is 4. The zero-order valence-electron chi connectivity index (χ0n) is 26.2. The molecule has 0 unspecified atom stereocenters. The third-order valence-electron chi connectivity index (χ3n) is 7.94. The van der Waals surface area contributed by atoms with Crippen molar-refractivity contribution in [2.75, 3.05) is 19.8 Å². The Bertz CT molecular complexity index is 1770. The lowest BCUT2D eigenvalue weighted by molar-refractivity contribution is -0.130. The Labute approximate surface area is 289 Å². The van der Waals surface area contributed by atoms with E-state index in [2.05, 4.69) is 33.0 Å². The lowest BCUT2D eigenvalue weighted by Crippen LogP contribution is -2.54. The van der Waals surface area contributed by atoms with Gasteiger partial charge in [0.05, 0.1) is 6.61 Å². The maximum Gasteiger partial charge on any atom is 0.266 e. The Morgan fingerprint density at radius 2 is 1.77 bits per heavy atom. The topological polar surface area (TPSA) is 141 Å². The minimum Gasteiger partial charge on any atom is -0.494 e. The number of unbranched alkanes of at least 4 members (excludes halogenated alkanes) is 1. The summed E-state index contributed by atoms with van der Waals surface area (Å²) in [4.78, 5) is 22.5. The van der Waals surface area contributed by atoms with Gasteiger partial charge in [-0.05, 0) is 72.3 Å². The molecule has 1 aliphatic heterocycles. The molecule has 0 saturated heterocycles. The second-order valence-electron chi connectivity index (χ2n) is 11.3.